The van der Waals surface area contributed by atoms with Crippen LogP contribution in [0.3, 0.4) is 0 Å². The van der Waals surface area contributed by atoms with Crippen molar-refractivity contribution in [1.29, 1.82) is 0 Å². The first-order valence-corrected chi connectivity index (χ1v) is 7.27. The number of aliphatic hydroxyl groups excluding tert-OH is 1. The number of methoxy groups -OCH3 is 1. The molecule has 22 heavy (non-hydrogen) atoms. The van der Waals surface area contributed by atoms with Gasteiger partial charge in [-0.25, -0.2) is 4.79 Å². The van der Waals surface area contributed by atoms with Crippen molar-refractivity contribution in [3.05, 3.63) is 46.7 Å². The fourth-order valence-electron chi connectivity index (χ4n) is 3.14. The van der Waals surface area contributed by atoms with E-state index in [0.717, 1.165) is 11.1 Å². The maximum atomic E-state index is 13.0. The molecule has 1 N–H and O–H groups in total. The Morgan fingerprint density at radius 1 is 1.18 bits per heavy atom. The number of aryl methyl sites for hydroxylation is 1. The van der Waals surface area contributed by atoms with Gasteiger partial charge >= 0.3 is 5.97 Å². The van der Waals surface area contributed by atoms with Crippen molar-refractivity contribution in [3.63, 3.8) is 0 Å². The number of esters is 1. The topological polar surface area (TPSA) is 63.6 Å². The number of allylic oxidation sites excluding steroid dienone is 1. The Hall–Kier alpha value is -2.10. The van der Waals surface area contributed by atoms with Crippen LogP contribution < -0.4 is 0 Å². The summed E-state index contributed by atoms with van der Waals surface area (Å²) in [6, 6.07) is 7.69. The van der Waals surface area contributed by atoms with Gasteiger partial charge in [0.25, 0.3) is 0 Å². The summed E-state index contributed by atoms with van der Waals surface area (Å²) in [5, 5.41) is 10.3. The molecule has 1 aromatic rings. The second kappa shape index (κ2) is 5.27. The molecule has 0 saturated carbocycles. The predicted molar refractivity (Wildman–Crippen MR) is 83.6 cm³/mol. The molecular weight excluding hydrogens is 280 g/mol. The number of rotatable bonds is 2. The Morgan fingerprint density at radius 3 is 2.23 bits per heavy atom. The highest BCUT2D eigenvalue weighted by Crippen LogP contribution is 2.47. The van der Waals surface area contributed by atoms with Crippen LogP contribution in [0.2, 0.25) is 0 Å². The minimum Gasteiger partial charge on any atom is -0.511 e. The first-order chi connectivity index (χ1) is 10.1. The summed E-state index contributed by atoms with van der Waals surface area (Å²) >= 11 is 0. The number of benzene rings is 1. The Bertz CT molecular complexity index is 652. The van der Waals surface area contributed by atoms with Crippen LogP contribution in [0.25, 0.3) is 0 Å². The van der Waals surface area contributed by atoms with Crippen molar-refractivity contribution < 1.29 is 19.4 Å². The molecule has 1 atom stereocenters. The molecule has 0 amide bonds. The van der Waals surface area contributed by atoms with E-state index < -0.39 is 16.8 Å². The second-order valence-corrected chi connectivity index (χ2v) is 6.65. The van der Waals surface area contributed by atoms with E-state index in [0.29, 0.717) is 0 Å². The van der Waals surface area contributed by atoms with Gasteiger partial charge in [-0.15, -0.1) is 0 Å². The summed E-state index contributed by atoms with van der Waals surface area (Å²) in [7, 11) is 1.27. The Balaban J connectivity index is 2.61. The van der Waals surface area contributed by atoms with Crippen LogP contribution in [0, 0.1) is 12.3 Å². The van der Waals surface area contributed by atoms with E-state index in [9.17, 15) is 14.7 Å². The molecule has 2 rings (SSSR count). The minimum absolute atomic E-state index is 0.103. The molecule has 4 heteroatoms. The smallest absolute Gasteiger partial charge is 0.337 e. The summed E-state index contributed by atoms with van der Waals surface area (Å²) in [6.45, 7) is 7.07. The zero-order valence-corrected chi connectivity index (χ0v) is 13.7. The molecule has 0 fully saturated rings. The van der Waals surface area contributed by atoms with Crippen LogP contribution in [0.1, 0.15) is 38.3 Å². The van der Waals surface area contributed by atoms with E-state index in [-0.39, 0.29) is 23.5 Å². The van der Waals surface area contributed by atoms with Gasteiger partial charge in [0, 0.05) is 0 Å². The minimum atomic E-state index is -1.12. The zero-order valence-electron chi connectivity index (χ0n) is 13.7. The molecule has 1 aliphatic rings. The lowest BCUT2D eigenvalue weighted by molar-refractivity contribution is -0.139. The highest BCUT2D eigenvalue weighted by atomic mass is 16.5. The third kappa shape index (κ3) is 2.32. The third-order valence-electron chi connectivity index (χ3n) is 4.60. The van der Waals surface area contributed by atoms with Crippen molar-refractivity contribution in [2.45, 2.75) is 39.5 Å². The third-order valence-corrected chi connectivity index (χ3v) is 4.60. The van der Waals surface area contributed by atoms with E-state index in [2.05, 4.69) is 0 Å². The largest absolute Gasteiger partial charge is 0.511 e. The molecule has 0 bridgehead atoms. The van der Waals surface area contributed by atoms with E-state index in [4.69, 9.17) is 4.74 Å². The van der Waals surface area contributed by atoms with Gasteiger partial charge in [-0.2, -0.15) is 0 Å². The van der Waals surface area contributed by atoms with E-state index >= 15 is 0 Å². The number of ketones is 1. The average molecular weight is 302 g/mol. The molecule has 0 aliphatic heterocycles. The number of ether oxygens (including phenoxy) is 1. The molecule has 1 unspecified atom stereocenters. The van der Waals surface area contributed by atoms with Crippen LogP contribution in [0.5, 0.6) is 0 Å². The maximum absolute atomic E-state index is 13.0. The summed E-state index contributed by atoms with van der Waals surface area (Å²) in [5.74, 6) is -0.876. The van der Waals surface area contributed by atoms with Crippen molar-refractivity contribution in [3.8, 4) is 0 Å². The first-order valence-electron chi connectivity index (χ1n) is 7.27. The number of hydrogen-bond acceptors (Lipinski definition) is 4. The van der Waals surface area contributed by atoms with Crippen LogP contribution >= 0.6 is 0 Å². The lowest BCUT2D eigenvalue weighted by Gasteiger charge is -2.41. The quantitative estimate of drug-likeness (QED) is 0.852. The first kappa shape index (κ1) is 16.3. The summed E-state index contributed by atoms with van der Waals surface area (Å²) in [5.41, 5.74) is 0.121. The molecule has 0 saturated heterocycles. The number of Topliss-reactive ketones (excluding diaryl/α,β-unsaturated/α-hetero) is 1. The fraction of sp³-hybridized carbons (Fsp3) is 0.444. The van der Waals surface area contributed by atoms with Crippen molar-refractivity contribution in [2.75, 3.05) is 7.11 Å². The Kier molecular flexibility index (Phi) is 3.90. The van der Waals surface area contributed by atoms with Gasteiger partial charge in [-0.1, -0.05) is 29.8 Å². The monoisotopic (exact) mass is 302 g/mol. The lowest BCUT2D eigenvalue weighted by atomic mass is 9.60. The second-order valence-electron chi connectivity index (χ2n) is 6.65. The van der Waals surface area contributed by atoms with Crippen LogP contribution in [0.4, 0.5) is 0 Å². The van der Waals surface area contributed by atoms with Crippen molar-refractivity contribution in [1.82, 2.24) is 0 Å². The molecule has 0 heterocycles. The summed E-state index contributed by atoms with van der Waals surface area (Å²) in [4.78, 5) is 25.0. The SMILES string of the molecule is COC(=O)C1=C(O)C(C)(C)C(=O)C(C)(c2ccc(C)cc2)C1. The van der Waals surface area contributed by atoms with Crippen molar-refractivity contribution in [2.24, 2.45) is 5.41 Å². The molecule has 118 valence electrons. The maximum Gasteiger partial charge on any atom is 0.337 e. The molecule has 0 aromatic heterocycles. The predicted octanol–water partition coefficient (Wildman–Crippen LogP) is 3.24. The molecule has 1 aliphatic carbocycles. The average Bonchev–Trinajstić information content (AvgIpc) is 2.49. The van der Waals surface area contributed by atoms with Crippen molar-refractivity contribution >= 4 is 11.8 Å². The Morgan fingerprint density at radius 2 is 1.73 bits per heavy atom. The fourth-order valence-corrected chi connectivity index (χ4v) is 3.14. The standard InChI is InChI=1S/C18H22O4/c1-11-6-8-12(9-7-11)18(4)10-13(15(20)22-5)14(19)17(2,3)16(18)21/h6-9,19H,10H2,1-5H3. The molecule has 0 radical (unpaired) electrons. The van der Waals surface area contributed by atoms with Gasteiger partial charge in [0.2, 0.25) is 0 Å². The highest BCUT2D eigenvalue weighted by Gasteiger charge is 2.52. The van der Waals surface area contributed by atoms with Crippen LogP contribution in [-0.2, 0) is 19.7 Å². The Labute approximate surface area is 130 Å². The molecule has 0 spiro atoms. The zero-order chi connectivity index (χ0) is 16.7. The molecular formula is C18H22O4. The highest BCUT2D eigenvalue weighted by molar-refractivity contribution is 6.02. The molecule has 4 nitrogen and oxygen atoms in total. The van der Waals surface area contributed by atoms with Gasteiger partial charge in [-0.3, -0.25) is 4.79 Å². The lowest BCUT2D eigenvalue weighted by Crippen LogP contribution is -2.48. The number of carbonyl (C=O) groups is 2. The number of hydrogen-bond donors (Lipinski definition) is 1. The van der Waals surface area contributed by atoms with E-state index in [1.165, 1.54) is 7.11 Å². The number of aliphatic hydroxyl groups is 1. The van der Waals surface area contributed by atoms with Gasteiger partial charge in [0.05, 0.1) is 23.5 Å². The normalized spacial score (nSPS) is 24.3. The van der Waals surface area contributed by atoms with Gasteiger partial charge in [-0.05, 0) is 39.7 Å². The van der Waals surface area contributed by atoms with Gasteiger partial charge in [0.1, 0.15) is 5.76 Å². The summed E-state index contributed by atoms with van der Waals surface area (Å²) < 4.78 is 4.77. The van der Waals surface area contributed by atoms with Gasteiger partial charge < -0.3 is 9.84 Å². The summed E-state index contributed by atoms with van der Waals surface area (Å²) in [6.07, 6.45) is 0.136. The van der Waals surface area contributed by atoms with E-state index in [1.54, 1.807) is 13.8 Å². The molecule has 1 aromatic carbocycles. The number of carbonyl (C=O) groups excluding carboxylic acids is 2. The van der Waals surface area contributed by atoms with Gasteiger partial charge in [0.15, 0.2) is 5.78 Å². The van der Waals surface area contributed by atoms with Crippen LogP contribution in [0.15, 0.2) is 35.6 Å². The van der Waals surface area contributed by atoms with E-state index in [1.807, 2.05) is 38.1 Å². The van der Waals surface area contributed by atoms with Crippen LogP contribution in [-0.4, -0.2) is 24.0 Å².